The molecule has 0 N–H and O–H groups in total. The van der Waals surface area contributed by atoms with Gasteiger partial charge < -0.3 is 28.4 Å². The number of ether oxygens (including phenoxy) is 6. The van der Waals surface area contributed by atoms with Crippen molar-refractivity contribution >= 4 is 35.8 Å². The van der Waals surface area contributed by atoms with E-state index in [9.17, 15) is 28.8 Å². The Balaban J connectivity index is 1.72. The topological polar surface area (TPSA) is 158 Å². The minimum atomic E-state index is -1.53. The molecule has 0 aromatic carbocycles. The summed E-state index contributed by atoms with van der Waals surface area (Å²) in [6.07, 6.45) is 4.84. The lowest BCUT2D eigenvalue weighted by Gasteiger charge is -2.22. The fraction of sp³-hybridized carbons (Fsp3) is 0.571. The summed E-state index contributed by atoms with van der Waals surface area (Å²) in [6.45, 7) is 9.58. The molecule has 3 aliphatic rings. The van der Waals surface area contributed by atoms with Gasteiger partial charge in [0.2, 0.25) is 0 Å². The third kappa shape index (κ3) is 5.02. The molecule has 12 heteroatoms. The Morgan fingerprint density at radius 1 is 0.575 bits per heavy atom. The molecule has 0 aromatic rings. The molecule has 12 nitrogen and oxygen atoms in total. The number of allylic oxidation sites excluding steroid dienone is 3. The fourth-order valence-corrected chi connectivity index (χ4v) is 5.03. The van der Waals surface area contributed by atoms with Crippen molar-refractivity contribution in [3.63, 3.8) is 0 Å². The first kappa shape index (κ1) is 30.6. The molecule has 0 saturated heterocycles. The molecule has 0 heterocycles. The van der Waals surface area contributed by atoms with Crippen LogP contribution >= 0.6 is 0 Å². The number of hydrogen-bond acceptors (Lipinski definition) is 12. The zero-order valence-electron chi connectivity index (χ0n) is 22.8. The highest BCUT2D eigenvalue weighted by Crippen LogP contribution is 2.57. The second kappa shape index (κ2) is 11.6. The summed E-state index contributed by atoms with van der Waals surface area (Å²) in [5.74, 6) is -7.27. The summed E-state index contributed by atoms with van der Waals surface area (Å²) in [5.41, 5.74) is -4.60. The first-order chi connectivity index (χ1) is 19.0. The molecule has 3 fully saturated rings. The van der Waals surface area contributed by atoms with Crippen molar-refractivity contribution in [2.45, 2.75) is 19.3 Å². The summed E-state index contributed by atoms with van der Waals surface area (Å²) >= 11 is 0. The van der Waals surface area contributed by atoms with Crippen LogP contribution in [0.2, 0.25) is 0 Å². The summed E-state index contributed by atoms with van der Waals surface area (Å²) in [4.78, 5) is 75.6. The second-order valence-electron chi connectivity index (χ2n) is 10.2. The van der Waals surface area contributed by atoms with Gasteiger partial charge in [0.05, 0.1) is 27.2 Å². The van der Waals surface area contributed by atoms with E-state index in [1.54, 1.807) is 0 Å². The van der Waals surface area contributed by atoms with E-state index in [0.29, 0.717) is 0 Å². The van der Waals surface area contributed by atoms with Crippen molar-refractivity contribution in [3.05, 3.63) is 38.0 Å². The Morgan fingerprint density at radius 2 is 0.825 bits per heavy atom. The number of methoxy groups -OCH3 is 3. The van der Waals surface area contributed by atoms with Gasteiger partial charge in [0, 0.05) is 17.8 Å². The quantitative estimate of drug-likeness (QED) is 0.122. The van der Waals surface area contributed by atoms with Crippen molar-refractivity contribution in [1.29, 1.82) is 0 Å². The number of esters is 6. The fourth-order valence-electron chi connectivity index (χ4n) is 5.03. The lowest BCUT2D eigenvalue weighted by molar-refractivity contribution is -0.168. The highest BCUT2D eigenvalue weighted by atomic mass is 16.6. The van der Waals surface area contributed by atoms with Crippen molar-refractivity contribution in [1.82, 2.24) is 0 Å². The normalized spacial score (nSPS) is 31.7. The van der Waals surface area contributed by atoms with Crippen LogP contribution < -0.4 is 0 Å². The molecule has 3 rings (SSSR count). The largest absolute Gasteiger partial charge is 0.468 e. The molecule has 6 unspecified atom stereocenters. The third-order valence-electron chi connectivity index (χ3n) is 7.99. The van der Waals surface area contributed by atoms with Crippen LogP contribution in [0.1, 0.15) is 19.3 Å². The van der Waals surface area contributed by atoms with Crippen molar-refractivity contribution < 1.29 is 57.2 Å². The average Bonchev–Trinajstić information content (AvgIpc) is 3.88. The molecule has 0 radical (unpaired) electrons. The molecular weight excluding hydrogens is 528 g/mol. The molecule has 0 aliphatic heterocycles. The summed E-state index contributed by atoms with van der Waals surface area (Å²) in [6, 6.07) is 0. The van der Waals surface area contributed by atoms with E-state index in [1.165, 1.54) is 18.2 Å². The van der Waals surface area contributed by atoms with Crippen LogP contribution in [0, 0.1) is 39.9 Å². The Hall–Kier alpha value is -3.96. The van der Waals surface area contributed by atoms with Crippen LogP contribution in [0.3, 0.4) is 0 Å². The van der Waals surface area contributed by atoms with Gasteiger partial charge in [-0.1, -0.05) is 18.2 Å². The van der Waals surface area contributed by atoms with Crippen molar-refractivity contribution in [2.75, 3.05) is 41.2 Å². The van der Waals surface area contributed by atoms with Crippen molar-refractivity contribution in [2.24, 2.45) is 39.9 Å². The maximum atomic E-state index is 12.9. The molecule has 0 amide bonds. The lowest BCUT2D eigenvalue weighted by atomic mass is 10.0. The van der Waals surface area contributed by atoms with Gasteiger partial charge >= 0.3 is 35.8 Å². The Kier molecular flexibility index (Phi) is 8.90. The van der Waals surface area contributed by atoms with Crippen LogP contribution in [0.15, 0.2) is 38.0 Å². The van der Waals surface area contributed by atoms with Crippen LogP contribution in [0.25, 0.3) is 0 Å². The SMILES string of the molecule is C=CC1CC1(C(=O)OC)C(=O)OCC(COC(=O)C1(C(=O)OC)CC1C=C)COC(=O)C1(C(=O)OC)CC1C=C. The zero-order valence-corrected chi connectivity index (χ0v) is 22.8. The highest BCUT2D eigenvalue weighted by molar-refractivity contribution is 6.05. The summed E-state index contributed by atoms with van der Waals surface area (Å²) in [7, 11) is 3.44. The van der Waals surface area contributed by atoms with Gasteiger partial charge in [0.1, 0.15) is 19.8 Å². The predicted octanol–water partition coefficient (Wildman–Crippen LogP) is 1.33. The van der Waals surface area contributed by atoms with Crippen LogP contribution in [-0.2, 0) is 57.2 Å². The molecule has 40 heavy (non-hydrogen) atoms. The molecule has 6 atom stereocenters. The number of rotatable bonds is 15. The lowest BCUT2D eigenvalue weighted by Crippen LogP contribution is -2.37. The van der Waals surface area contributed by atoms with E-state index in [4.69, 9.17) is 28.4 Å². The van der Waals surface area contributed by atoms with E-state index in [-0.39, 0.29) is 19.3 Å². The monoisotopic (exact) mass is 562 g/mol. The van der Waals surface area contributed by atoms with E-state index in [2.05, 4.69) is 19.7 Å². The van der Waals surface area contributed by atoms with E-state index < -0.39 is 95.6 Å². The Morgan fingerprint density at radius 3 is 1.00 bits per heavy atom. The third-order valence-corrected chi connectivity index (χ3v) is 7.99. The molecule has 3 saturated carbocycles. The summed E-state index contributed by atoms with van der Waals surface area (Å²) in [5, 5.41) is 0. The van der Waals surface area contributed by atoms with Gasteiger partial charge in [-0.05, 0) is 19.3 Å². The van der Waals surface area contributed by atoms with Crippen molar-refractivity contribution in [3.8, 4) is 0 Å². The maximum Gasteiger partial charge on any atom is 0.324 e. The molecule has 3 aliphatic carbocycles. The Labute approximate surface area is 231 Å². The minimum absolute atomic E-state index is 0.159. The first-order valence-corrected chi connectivity index (χ1v) is 12.6. The van der Waals surface area contributed by atoms with Crippen LogP contribution in [-0.4, -0.2) is 77.0 Å². The molecule has 0 aromatic heterocycles. The molecule has 218 valence electrons. The standard InChI is InChI=1S/C28H34O12/c1-7-17-10-26(17,20(29)35-4)23(32)38-13-16(14-39-24(33)27(21(30)36-5)11-18(27)8-2)15-40-25(34)28(22(31)37-6)12-19(28)9-3/h7-9,16-19H,1-3,10-15H2,4-6H3. The van der Waals surface area contributed by atoms with Gasteiger partial charge in [0.15, 0.2) is 16.2 Å². The predicted molar refractivity (Wildman–Crippen MR) is 135 cm³/mol. The maximum absolute atomic E-state index is 12.9. The van der Waals surface area contributed by atoms with Gasteiger partial charge in [-0.3, -0.25) is 28.8 Å². The summed E-state index contributed by atoms with van der Waals surface area (Å²) < 4.78 is 30.5. The van der Waals surface area contributed by atoms with Gasteiger partial charge in [0.25, 0.3) is 0 Å². The van der Waals surface area contributed by atoms with Gasteiger partial charge in [-0.25, -0.2) is 0 Å². The minimum Gasteiger partial charge on any atom is -0.468 e. The second-order valence-corrected chi connectivity index (χ2v) is 10.2. The smallest absolute Gasteiger partial charge is 0.324 e. The van der Waals surface area contributed by atoms with E-state index in [0.717, 1.165) is 21.3 Å². The number of carbonyl (C=O) groups excluding carboxylic acids is 6. The highest BCUT2D eigenvalue weighted by Gasteiger charge is 2.68. The van der Waals surface area contributed by atoms with E-state index in [1.807, 2.05) is 0 Å². The van der Waals surface area contributed by atoms with Crippen LogP contribution in [0.5, 0.6) is 0 Å². The molecular formula is C28H34O12. The zero-order chi connectivity index (χ0) is 29.9. The first-order valence-electron chi connectivity index (χ1n) is 12.6. The van der Waals surface area contributed by atoms with Crippen LogP contribution in [0.4, 0.5) is 0 Å². The van der Waals surface area contributed by atoms with Gasteiger partial charge in [-0.15, -0.1) is 19.7 Å². The average molecular weight is 563 g/mol. The number of hydrogen-bond donors (Lipinski definition) is 0. The molecule has 0 spiro atoms. The van der Waals surface area contributed by atoms with Gasteiger partial charge in [-0.2, -0.15) is 0 Å². The van der Waals surface area contributed by atoms with E-state index >= 15 is 0 Å². The number of carbonyl (C=O) groups is 6. The Bertz CT molecular complexity index is 988. The molecule has 0 bridgehead atoms.